The molecule has 0 saturated heterocycles. The third kappa shape index (κ3) is 3.74. The smallest absolute Gasteiger partial charge is 0.273 e. The lowest BCUT2D eigenvalue weighted by Crippen LogP contribution is -2.40. The largest absolute Gasteiger partial charge is 0.494 e. The lowest BCUT2D eigenvalue weighted by atomic mass is 9.94. The number of carbonyl (C=O) groups is 3. The van der Waals surface area contributed by atoms with Gasteiger partial charge in [-0.05, 0) is 37.1 Å². The number of methoxy groups -OCH3 is 1. The Morgan fingerprint density at radius 1 is 1.06 bits per heavy atom. The Bertz CT molecular complexity index is 1090. The number of hydrogen-bond acceptors (Lipinski definition) is 6. The summed E-state index contributed by atoms with van der Waals surface area (Å²) in [4.78, 5) is 50.2. The van der Waals surface area contributed by atoms with Gasteiger partial charge in [0.1, 0.15) is 5.75 Å². The Hall–Kier alpha value is -3.75. The summed E-state index contributed by atoms with van der Waals surface area (Å²) in [6.07, 6.45) is 4.69. The van der Waals surface area contributed by atoms with E-state index < -0.39 is 10.8 Å². The van der Waals surface area contributed by atoms with Crippen LogP contribution in [0.5, 0.6) is 5.75 Å². The molecule has 0 spiro atoms. The van der Waals surface area contributed by atoms with Crippen molar-refractivity contribution in [3.8, 4) is 5.75 Å². The molecule has 1 aliphatic heterocycles. The Labute approximate surface area is 178 Å². The number of ether oxygens (including phenoxy) is 1. The summed E-state index contributed by atoms with van der Waals surface area (Å²) in [5.41, 5.74) is 0.814. The van der Waals surface area contributed by atoms with Crippen molar-refractivity contribution in [3.63, 3.8) is 0 Å². The maximum atomic E-state index is 12.9. The fourth-order valence-corrected chi connectivity index (χ4v) is 4.16. The zero-order valence-corrected chi connectivity index (χ0v) is 16.9. The molecule has 2 aromatic carbocycles. The van der Waals surface area contributed by atoms with Gasteiger partial charge in [0.25, 0.3) is 23.4 Å². The van der Waals surface area contributed by atoms with Crippen LogP contribution in [0.15, 0.2) is 36.4 Å². The van der Waals surface area contributed by atoms with E-state index in [0.29, 0.717) is 5.56 Å². The van der Waals surface area contributed by atoms with Crippen LogP contribution in [0, 0.1) is 10.1 Å². The fourth-order valence-electron chi connectivity index (χ4n) is 4.16. The van der Waals surface area contributed by atoms with Crippen LogP contribution in [0.1, 0.15) is 63.2 Å². The first-order valence-corrected chi connectivity index (χ1v) is 10.1. The highest BCUT2D eigenvalue weighted by Gasteiger charge is 2.40. The maximum absolute atomic E-state index is 12.9. The molecule has 9 heteroatoms. The lowest BCUT2D eigenvalue weighted by Gasteiger charge is -2.29. The van der Waals surface area contributed by atoms with Gasteiger partial charge < -0.3 is 10.1 Å². The molecule has 0 atom stereocenters. The number of amides is 3. The second kappa shape index (κ2) is 8.17. The van der Waals surface area contributed by atoms with Gasteiger partial charge in [-0.15, -0.1) is 0 Å². The Morgan fingerprint density at radius 2 is 1.77 bits per heavy atom. The minimum Gasteiger partial charge on any atom is -0.494 e. The third-order valence-electron chi connectivity index (χ3n) is 5.76. The number of rotatable bonds is 5. The molecule has 1 heterocycles. The van der Waals surface area contributed by atoms with Crippen LogP contribution < -0.4 is 10.1 Å². The van der Waals surface area contributed by atoms with E-state index in [0.717, 1.165) is 32.1 Å². The number of anilines is 1. The summed E-state index contributed by atoms with van der Waals surface area (Å²) in [7, 11) is 1.34. The molecule has 0 unspecified atom stereocenters. The summed E-state index contributed by atoms with van der Waals surface area (Å²) in [6.45, 7) is 0. The minimum absolute atomic E-state index is 0.0946. The number of nitrogens with one attached hydrogen (secondary N) is 1. The predicted molar refractivity (Wildman–Crippen MR) is 111 cm³/mol. The van der Waals surface area contributed by atoms with Crippen LogP contribution in [-0.2, 0) is 0 Å². The zero-order chi connectivity index (χ0) is 22.1. The van der Waals surface area contributed by atoms with Crippen molar-refractivity contribution in [1.82, 2.24) is 4.90 Å². The molecule has 2 aliphatic rings. The molecule has 0 bridgehead atoms. The number of carbonyl (C=O) groups excluding carboxylic acids is 3. The number of nitro benzene ring substituents is 1. The molecule has 9 nitrogen and oxygen atoms in total. The van der Waals surface area contributed by atoms with Crippen LogP contribution in [-0.4, -0.2) is 40.7 Å². The molecule has 0 radical (unpaired) electrons. The van der Waals surface area contributed by atoms with Gasteiger partial charge in [0, 0.05) is 17.7 Å². The highest BCUT2D eigenvalue weighted by Crippen LogP contribution is 2.32. The van der Waals surface area contributed by atoms with E-state index in [1.807, 2.05) is 0 Å². The Kier molecular flexibility index (Phi) is 5.41. The summed E-state index contributed by atoms with van der Waals surface area (Å²) >= 11 is 0. The quantitative estimate of drug-likeness (QED) is 0.444. The van der Waals surface area contributed by atoms with E-state index in [4.69, 9.17) is 4.74 Å². The normalized spacial score (nSPS) is 16.2. The summed E-state index contributed by atoms with van der Waals surface area (Å²) in [5, 5.41) is 13.6. The van der Waals surface area contributed by atoms with Gasteiger partial charge in [-0.25, -0.2) is 0 Å². The highest BCUT2D eigenvalue weighted by molar-refractivity contribution is 6.22. The second-order valence-corrected chi connectivity index (χ2v) is 7.63. The van der Waals surface area contributed by atoms with E-state index in [2.05, 4.69) is 5.32 Å². The molecule has 31 heavy (non-hydrogen) atoms. The Balaban J connectivity index is 1.57. The lowest BCUT2D eigenvalue weighted by molar-refractivity contribution is -0.384. The van der Waals surface area contributed by atoms with Crippen LogP contribution in [0.2, 0.25) is 0 Å². The van der Waals surface area contributed by atoms with Crippen LogP contribution in [0.3, 0.4) is 0 Å². The average molecular weight is 423 g/mol. The van der Waals surface area contributed by atoms with Crippen molar-refractivity contribution in [2.45, 2.75) is 38.1 Å². The number of non-ortho nitro benzene ring substituents is 1. The first-order chi connectivity index (χ1) is 14.9. The topological polar surface area (TPSA) is 119 Å². The van der Waals surface area contributed by atoms with E-state index in [1.54, 1.807) is 0 Å². The zero-order valence-electron chi connectivity index (χ0n) is 16.9. The minimum atomic E-state index is -0.560. The molecule has 1 aliphatic carbocycles. The molecule has 0 aromatic heterocycles. The molecule has 1 N–H and O–H groups in total. The van der Waals surface area contributed by atoms with Gasteiger partial charge in [-0.1, -0.05) is 19.3 Å². The van der Waals surface area contributed by atoms with Crippen molar-refractivity contribution >= 4 is 29.1 Å². The average Bonchev–Trinajstić information content (AvgIpc) is 3.04. The van der Waals surface area contributed by atoms with Crippen molar-refractivity contribution in [3.05, 3.63) is 63.2 Å². The van der Waals surface area contributed by atoms with Crippen molar-refractivity contribution in [1.29, 1.82) is 0 Å². The van der Waals surface area contributed by atoms with Crippen LogP contribution in [0.25, 0.3) is 0 Å². The van der Waals surface area contributed by atoms with Gasteiger partial charge >= 0.3 is 0 Å². The number of nitrogens with zero attached hydrogens (tertiary/aromatic N) is 2. The third-order valence-corrected chi connectivity index (χ3v) is 5.76. The van der Waals surface area contributed by atoms with Crippen LogP contribution in [0.4, 0.5) is 11.4 Å². The Morgan fingerprint density at radius 3 is 2.45 bits per heavy atom. The second-order valence-electron chi connectivity index (χ2n) is 7.63. The molecule has 1 fully saturated rings. The van der Waals surface area contributed by atoms with Crippen LogP contribution >= 0.6 is 0 Å². The van der Waals surface area contributed by atoms with E-state index in [-0.39, 0.29) is 46.1 Å². The summed E-state index contributed by atoms with van der Waals surface area (Å²) in [6, 6.07) is 8.16. The number of fused-ring (bicyclic) bond motifs is 1. The van der Waals surface area contributed by atoms with E-state index in [9.17, 15) is 24.5 Å². The number of hydrogen-bond donors (Lipinski definition) is 1. The predicted octanol–water partition coefficient (Wildman–Crippen LogP) is 3.78. The SMILES string of the molecule is COc1cc([N+](=O)[O-])ccc1NC(=O)c1ccc2c(c1)C(=O)N(C1CCCCC1)C2=O. The fraction of sp³-hybridized carbons (Fsp3) is 0.318. The highest BCUT2D eigenvalue weighted by atomic mass is 16.6. The van der Waals surface area contributed by atoms with Gasteiger partial charge in [0.2, 0.25) is 0 Å². The van der Waals surface area contributed by atoms with E-state index in [1.165, 1.54) is 48.4 Å². The van der Waals surface area contributed by atoms with Crippen molar-refractivity contribution < 1.29 is 24.0 Å². The monoisotopic (exact) mass is 423 g/mol. The molecular weight excluding hydrogens is 402 g/mol. The first-order valence-electron chi connectivity index (χ1n) is 10.1. The molecule has 4 rings (SSSR count). The summed E-state index contributed by atoms with van der Waals surface area (Å²) in [5.74, 6) is -1.06. The van der Waals surface area contributed by atoms with Crippen molar-refractivity contribution in [2.75, 3.05) is 12.4 Å². The molecule has 2 aromatic rings. The summed E-state index contributed by atoms with van der Waals surface area (Å²) < 4.78 is 5.13. The molecular formula is C22H21N3O6. The number of benzene rings is 2. The van der Waals surface area contributed by atoms with Gasteiger partial charge in [-0.2, -0.15) is 0 Å². The first kappa shape index (κ1) is 20.5. The van der Waals surface area contributed by atoms with E-state index >= 15 is 0 Å². The van der Waals surface area contributed by atoms with Gasteiger partial charge in [-0.3, -0.25) is 29.4 Å². The van der Waals surface area contributed by atoms with Gasteiger partial charge in [0.05, 0.1) is 34.9 Å². The molecule has 160 valence electrons. The van der Waals surface area contributed by atoms with Crippen molar-refractivity contribution in [2.24, 2.45) is 0 Å². The number of nitro groups is 1. The standard InChI is InChI=1S/C22H21N3O6/c1-31-19-12-15(25(29)30)8-10-18(19)23-20(26)13-7-9-16-17(11-13)22(28)24(21(16)27)14-5-3-2-4-6-14/h7-12,14H,2-6H2,1H3,(H,23,26). The maximum Gasteiger partial charge on any atom is 0.273 e. The molecule has 3 amide bonds. The number of imide groups is 1. The molecule has 1 saturated carbocycles. The van der Waals surface area contributed by atoms with Gasteiger partial charge in [0.15, 0.2) is 0 Å².